The van der Waals surface area contributed by atoms with Crippen LogP contribution in [0.5, 0.6) is 0 Å². The van der Waals surface area contributed by atoms with Gasteiger partial charge in [-0.25, -0.2) is 0 Å². The molecule has 92 valence electrons. The van der Waals surface area contributed by atoms with E-state index >= 15 is 0 Å². The molecule has 15 heavy (non-hydrogen) atoms. The van der Waals surface area contributed by atoms with E-state index in [1.54, 1.807) is 0 Å². The van der Waals surface area contributed by atoms with E-state index in [1.807, 2.05) is 0 Å². The molecule has 0 aromatic rings. The molecule has 0 aromatic carbocycles. The molecular formula is C10H21NiO3P+2. The van der Waals surface area contributed by atoms with Crippen LogP contribution in [0, 0.1) is 0 Å². The van der Waals surface area contributed by atoms with Crippen LogP contribution in [0.2, 0.25) is 0 Å². The Kier molecular flexibility index (Phi) is 17.3. The van der Waals surface area contributed by atoms with Crippen LogP contribution in [0.1, 0.15) is 58.3 Å². The van der Waals surface area contributed by atoms with Crippen LogP contribution >= 0.6 is 8.25 Å². The van der Waals surface area contributed by atoms with Gasteiger partial charge in [0.25, 0.3) is 0 Å². The quantitative estimate of drug-likeness (QED) is 0.350. The molecule has 0 aromatic heterocycles. The minimum atomic E-state index is -2.63. The molecule has 5 heteroatoms. The van der Waals surface area contributed by atoms with Crippen LogP contribution in [-0.2, 0) is 25.6 Å². The molecule has 0 saturated heterocycles. The maximum absolute atomic E-state index is 10.0. The normalized spacial score (nSPS) is 10.9. The van der Waals surface area contributed by atoms with Crippen LogP contribution < -0.4 is 4.89 Å². The van der Waals surface area contributed by atoms with Crippen molar-refractivity contribution >= 4 is 8.25 Å². The molecule has 0 aliphatic carbocycles. The Hall–Kier alpha value is 0.514. The van der Waals surface area contributed by atoms with Gasteiger partial charge in [-0.05, 0) is 11.0 Å². The molecule has 0 amide bonds. The van der Waals surface area contributed by atoms with E-state index < -0.39 is 8.25 Å². The standard InChI is InChI=1S/C10H21O3P.Ni/c1-2-3-4-5-6-7-8-9-10-13-14(11)12;/h2-10H2,1H3;/q;+2. The fraction of sp³-hybridized carbons (Fsp3) is 1.00. The first kappa shape index (κ1) is 17.9. The fourth-order valence-corrected chi connectivity index (χ4v) is 1.65. The van der Waals surface area contributed by atoms with Gasteiger partial charge in [0, 0.05) is 0 Å². The van der Waals surface area contributed by atoms with Crippen molar-refractivity contribution in [1.29, 1.82) is 0 Å². The summed E-state index contributed by atoms with van der Waals surface area (Å²) in [7, 11) is -2.63. The van der Waals surface area contributed by atoms with Gasteiger partial charge in [0.1, 0.15) is 6.61 Å². The molecule has 0 heterocycles. The zero-order valence-corrected chi connectivity index (χ0v) is 11.2. The first-order valence-electron chi connectivity index (χ1n) is 5.54. The first-order valence-corrected chi connectivity index (χ1v) is 6.64. The van der Waals surface area contributed by atoms with Gasteiger partial charge in [-0.1, -0.05) is 51.9 Å². The number of hydrogen-bond donors (Lipinski definition) is 0. The molecular weight excluding hydrogens is 258 g/mol. The van der Waals surface area contributed by atoms with Crippen molar-refractivity contribution < 1.29 is 30.5 Å². The van der Waals surface area contributed by atoms with Gasteiger partial charge in [-0.2, -0.15) is 0 Å². The Labute approximate surface area is 104 Å². The maximum Gasteiger partial charge on any atom is 2.00 e. The summed E-state index contributed by atoms with van der Waals surface area (Å²) in [5, 5.41) is 0. The molecule has 0 spiro atoms. The summed E-state index contributed by atoms with van der Waals surface area (Å²) in [5.41, 5.74) is 0. The summed E-state index contributed by atoms with van der Waals surface area (Å²) in [6.45, 7) is 2.56. The van der Waals surface area contributed by atoms with Crippen LogP contribution in [0.15, 0.2) is 0 Å². The molecule has 3 nitrogen and oxygen atoms in total. The predicted octanol–water partition coefficient (Wildman–Crippen LogP) is 3.16. The molecule has 0 aliphatic heterocycles. The Morgan fingerprint density at radius 2 is 1.47 bits per heavy atom. The third-order valence-corrected chi connectivity index (χ3v) is 2.59. The fourth-order valence-electron chi connectivity index (χ4n) is 1.38. The zero-order chi connectivity index (χ0) is 10.6. The summed E-state index contributed by atoms with van der Waals surface area (Å²) in [6.07, 6.45) is 9.66. The second kappa shape index (κ2) is 14.5. The molecule has 0 saturated carbocycles. The minimum absolute atomic E-state index is 0. The van der Waals surface area contributed by atoms with Gasteiger partial charge in [0.05, 0.1) is 0 Å². The molecule has 0 aliphatic rings. The van der Waals surface area contributed by atoms with Gasteiger partial charge >= 0.3 is 24.7 Å². The van der Waals surface area contributed by atoms with E-state index in [9.17, 15) is 9.46 Å². The van der Waals surface area contributed by atoms with Crippen molar-refractivity contribution in [3.8, 4) is 0 Å². The molecule has 0 N–H and O–H groups in total. The molecule has 1 unspecified atom stereocenters. The Bertz CT molecular complexity index is 145. The second-order valence-electron chi connectivity index (χ2n) is 3.53. The van der Waals surface area contributed by atoms with Crippen molar-refractivity contribution in [3.05, 3.63) is 0 Å². The van der Waals surface area contributed by atoms with Crippen LogP contribution in [0.25, 0.3) is 0 Å². The van der Waals surface area contributed by atoms with Crippen LogP contribution in [0.3, 0.4) is 0 Å². The second-order valence-corrected chi connectivity index (χ2v) is 4.24. The summed E-state index contributed by atoms with van der Waals surface area (Å²) in [4.78, 5) is 10.0. The van der Waals surface area contributed by atoms with Gasteiger partial charge < -0.3 is 4.89 Å². The molecule has 0 bridgehead atoms. The van der Waals surface area contributed by atoms with E-state index in [0.717, 1.165) is 12.8 Å². The average Bonchev–Trinajstić information content (AvgIpc) is 2.15. The number of hydrogen-bond acceptors (Lipinski definition) is 3. The summed E-state index contributed by atoms with van der Waals surface area (Å²) < 4.78 is 14.5. The Morgan fingerprint density at radius 1 is 1.00 bits per heavy atom. The van der Waals surface area contributed by atoms with Crippen molar-refractivity contribution in [2.75, 3.05) is 6.61 Å². The largest absolute Gasteiger partial charge is 2.00 e. The predicted molar refractivity (Wildman–Crippen MR) is 56.2 cm³/mol. The molecule has 0 fully saturated rings. The van der Waals surface area contributed by atoms with E-state index in [2.05, 4.69) is 11.4 Å². The number of unbranched alkanes of at least 4 members (excludes halogenated alkanes) is 7. The Balaban J connectivity index is 0. The van der Waals surface area contributed by atoms with E-state index in [-0.39, 0.29) is 16.5 Å². The average molecular weight is 279 g/mol. The van der Waals surface area contributed by atoms with Gasteiger partial charge in [-0.15, -0.1) is 4.52 Å². The summed E-state index contributed by atoms with van der Waals surface area (Å²) in [5.74, 6) is 0. The monoisotopic (exact) mass is 278 g/mol. The minimum Gasteiger partial charge on any atom is -0.566 e. The van der Waals surface area contributed by atoms with Crippen molar-refractivity contribution in [2.45, 2.75) is 58.3 Å². The van der Waals surface area contributed by atoms with Crippen molar-refractivity contribution in [2.24, 2.45) is 0 Å². The topological polar surface area (TPSA) is 49.4 Å². The first-order chi connectivity index (χ1) is 6.77. The summed E-state index contributed by atoms with van der Waals surface area (Å²) >= 11 is 0. The van der Waals surface area contributed by atoms with Crippen LogP contribution in [0.4, 0.5) is 0 Å². The third kappa shape index (κ3) is 17.1. The third-order valence-electron chi connectivity index (χ3n) is 2.19. The molecule has 0 radical (unpaired) electrons. The van der Waals surface area contributed by atoms with Crippen molar-refractivity contribution in [3.63, 3.8) is 0 Å². The van der Waals surface area contributed by atoms with Crippen LogP contribution in [-0.4, -0.2) is 6.61 Å². The Morgan fingerprint density at radius 3 is 1.93 bits per heavy atom. The van der Waals surface area contributed by atoms with Gasteiger partial charge in [0.15, 0.2) is 0 Å². The molecule has 1 atom stereocenters. The van der Waals surface area contributed by atoms with E-state index in [4.69, 9.17) is 0 Å². The van der Waals surface area contributed by atoms with Gasteiger partial charge in [-0.3, -0.25) is 0 Å². The summed E-state index contributed by atoms with van der Waals surface area (Å²) in [6, 6.07) is 0. The van der Waals surface area contributed by atoms with E-state index in [1.165, 1.54) is 38.5 Å². The maximum atomic E-state index is 10.0. The van der Waals surface area contributed by atoms with Gasteiger partial charge in [0.2, 0.25) is 0 Å². The zero-order valence-electron chi connectivity index (χ0n) is 9.35. The van der Waals surface area contributed by atoms with E-state index in [0.29, 0.717) is 6.61 Å². The number of rotatable bonds is 10. The SMILES string of the molecule is CCCCCCCCCCO[P+](=O)[O-].[Ni+2]. The smallest absolute Gasteiger partial charge is 0.566 e. The molecule has 0 rings (SSSR count). The van der Waals surface area contributed by atoms with Crippen molar-refractivity contribution in [1.82, 2.24) is 0 Å².